The number of nitrogens with one attached hydrogen (secondary N) is 1. The summed E-state index contributed by atoms with van der Waals surface area (Å²) >= 11 is 0. The van der Waals surface area contributed by atoms with Gasteiger partial charge in [-0.25, -0.2) is 9.78 Å². The molecule has 0 unspecified atom stereocenters. The van der Waals surface area contributed by atoms with Crippen LogP contribution in [0.2, 0.25) is 0 Å². The predicted molar refractivity (Wildman–Crippen MR) is 121 cm³/mol. The average molecular weight is 405 g/mol. The lowest BCUT2D eigenvalue weighted by Crippen LogP contribution is -2.11. The fourth-order valence-corrected chi connectivity index (χ4v) is 3.50. The fourth-order valence-electron chi connectivity index (χ4n) is 3.50. The molecular formula is C24H28N4O2. The number of carbonyl (C=O) groups is 1. The Morgan fingerprint density at radius 3 is 2.57 bits per heavy atom. The first-order chi connectivity index (χ1) is 14.5. The molecule has 0 amide bonds. The van der Waals surface area contributed by atoms with Gasteiger partial charge in [0, 0.05) is 32.2 Å². The van der Waals surface area contributed by atoms with Crippen LogP contribution < -0.4 is 10.2 Å². The molecule has 6 heteroatoms. The van der Waals surface area contributed by atoms with Gasteiger partial charge in [-0.3, -0.25) is 4.98 Å². The van der Waals surface area contributed by atoms with Crippen molar-refractivity contribution in [3.63, 3.8) is 0 Å². The van der Waals surface area contributed by atoms with Gasteiger partial charge >= 0.3 is 5.97 Å². The SMILES string of the molecule is CCc1ccc(N(C)c2ccc3c(c2)CCC3)nc1.CNc1cnccc1C(=O)O. The van der Waals surface area contributed by atoms with E-state index < -0.39 is 5.97 Å². The summed E-state index contributed by atoms with van der Waals surface area (Å²) in [7, 11) is 3.74. The molecule has 0 aliphatic heterocycles. The highest BCUT2D eigenvalue weighted by atomic mass is 16.4. The molecule has 0 fully saturated rings. The van der Waals surface area contributed by atoms with E-state index >= 15 is 0 Å². The van der Waals surface area contributed by atoms with Crippen molar-refractivity contribution in [2.75, 3.05) is 24.3 Å². The number of aromatic nitrogens is 2. The number of pyridine rings is 2. The van der Waals surface area contributed by atoms with Crippen LogP contribution in [0.15, 0.2) is 55.0 Å². The molecule has 3 aromatic rings. The molecule has 1 aliphatic rings. The lowest BCUT2D eigenvalue weighted by Gasteiger charge is -2.19. The van der Waals surface area contributed by atoms with Crippen LogP contribution in [0.1, 0.15) is 40.4 Å². The van der Waals surface area contributed by atoms with Gasteiger partial charge in [-0.05, 0) is 66.6 Å². The van der Waals surface area contributed by atoms with Crippen molar-refractivity contribution in [2.24, 2.45) is 0 Å². The lowest BCUT2D eigenvalue weighted by molar-refractivity contribution is 0.0698. The Bertz CT molecular complexity index is 1000. The third-order valence-electron chi connectivity index (χ3n) is 5.35. The van der Waals surface area contributed by atoms with E-state index in [9.17, 15) is 4.79 Å². The maximum atomic E-state index is 10.5. The molecule has 6 nitrogen and oxygen atoms in total. The van der Waals surface area contributed by atoms with Gasteiger partial charge < -0.3 is 15.3 Å². The summed E-state index contributed by atoms with van der Waals surface area (Å²) in [6, 6.07) is 12.5. The molecular weight excluding hydrogens is 376 g/mol. The van der Waals surface area contributed by atoms with Gasteiger partial charge in [0.05, 0.1) is 17.4 Å². The second-order valence-electron chi connectivity index (χ2n) is 7.22. The summed E-state index contributed by atoms with van der Waals surface area (Å²) in [5.74, 6) is 0.0619. The van der Waals surface area contributed by atoms with Crippen LogP contribution in [0.5, 0.6) is 0 Å². The van der Waals surface area contributed by atoms with Gasteiger partial charge in [0.1, 0.15) is 5.82 Å². The van der Waals surface area contributed by atoms with E-state index in [1.54, 1.807) is 7.05 Å². The van der Waals surface area contributed by atoms with Crippen molar-refractivity contribution in [1.82, 2.24) is 9.97 Å². The van der Waals surface area contributed by atoms with Gasteiger partial charge in [-0.1, -0.05) is 19.1 Å². The average Bonchev–Trinajstić information content (AvgIpc) is 3.27. The van der Waals surface area contributed by atoms with E-state index in [2.05, 4.69) is 64.5 Å². The van der Waals surface area contributed by atoms with E-state index in [1.807, 2.05) is 6.20 Å². The summed E-state index contributed by atoms with van der Waals surface area (Å²) in [4.78, 5) is 21.0. The third-order valence-corrected chi connectivity index (χ3v) is 5.35. The van der Waals surface area contributed by atoms with Gasteiger partial charge in [0.25, 0.3) is 0 Å². The Kier molecular flexibility index (Phi) is 7.01. The number of nitrogens with zero attached hydrogens (tertiary/aromatic N) is 3. The monoisotopic (exact) mass is 404 g/mol. The van der Waals surface area contributed by atoms with Gasteiger partial charge in [-0.2, -0.15) is 0 Å². The minimum atomic E-state index is -0.947. The maximum Gasteiger partial charge on any atom is 0.337 e. The largest absolute Gasteiger partial charge is 0.478 e. The van der Waals surface area contributed by atoms with Gasteiger partial charge in [0.15, 0.2) is 0 Å². The highest BCUT2D eigenvalue weighted by Crippen LogP contribution is 2.29. The van der Waals surface area contributed by atoms with Crippen molar-refractivity contribution >= 4 is 23.2 Å². The number of hydrogen-bond acceptors (Lipinski definition) is 5. The van der Waals surface area contributed by atoms with E-state index in [4.69, 9.17) is 5.11 Å². The second-order valence-corrected chi connectivity index (χ2v) is 7.22. The van der Waals surface area contributed by atoms with E-state index in [0.29, 0.717) is 5.69 Å². The smallest absolute Gasteiger partial charge is 0.337 e. The summed E-state index contributed by atoms with van der Waals surface area (Å²) in [5, 5.41) is 11.4. The minimum absolute atomic E-state index is 0.238. The number of hydrogen-bond donors (Lipinski definition) is 2. The molecule has 0 saturated heterocycles. The van der Waals surface area contributed by atoms with Crippen molar-refractivity contribution < 1.29 is 9.90 Å². The zero-order valence-corrected chi connectivity index (χ0v) is 17.7. The molecule has 2 heterocycles. The molecule has 1 aromatic carbocycles. The molecule has 0 atom stereocenters. The standard InChI is InChI=1S/C17H20N2.C7H8N2O2/c1-3-13-7-10-17(18-12-13)19(2)16-9-8-14-5-4-6-15(14)11-16;1-8-6-4-9-3-2-5(6)7(10)11/h7-12H,3-6H2,1-2H3;2-4,8H,1H3,(H,10,11). The molecule has 0 radical (unpaired) electrons. The Hall–Kier alpha value is -3.41. The summed E-state index contributed by atoms with van der Waals surface area (Å²) in [6.07, 6.45) is 9.69. The van der Waals surface area contributed by atoms with Gasteiger partial charge in [-0.15, -0.1) is 0 Å². The number of carboxylic acid groups (broad SMARTS) is 1. The number of benzene rings is 1. The van der Waals surface area contributed by atoms with E-state index in [0.717, 1.165) is 12.2 Å². The number of aromatic carboxylic acids is 1. The predicted octanol–water partition coefficient (Wildman–Crippen LogP) is 4.72. The first-order valence-electron chi connectivity index (χ1n) is 10.2. The van der Waals surface area contributed by atoms with Crippen molar-refractivity contribution in [1.29, 1.82) is 0 Å². The molecule has 0 bridgehead atoms. The van der Waals surface area contributed by atoms with Crippen molar-refractivity contribution in [2.45, 2.75) is 32.6 Å². The molecule has 1 aliphatic carbocycles. The first kappa shape index (κ1) is 21.3. The van der Waals surface area contributed by atoms with Crippen LogP contribution in [0.25, 0.3) is 0 Å². The van der Waals surface area contributed by atoms with Crippen molar-refractivity contribution in [3.05, 3.63) is 77.2 Å². The van der Waals surface area contributed by atoms with Gasteiger partial charge in [0.2, 0.25) is 0 Å². The number of aryl methyl sites for hydroxylation is 3. The van der Waals surface area contributed by atoms with Crippen molar-refractivity contribution in [3.8, 4) is 0 Å². The Morgan fingerprint density at radius 2 is 1.93 bits per heavy atom. The number of rotatable bonds is 5. The highest BCUT2D eigenvalue weighted by Gasteiger charge is 2.13. The molecule has 2 aromatic heterocycles. The number of carboxylic acids is 1. The topological polar surface area (TPSA) is 78.4 Å². The fraction of sp³-hybridized carbons (Fsp3) is 0.292. The molecule has 0 saturated carbocycles. The number of fused-ring (bicyclic) bond motifs is 1. The minimum Gasteiger partial charge on any atom is -0.478 e. The van der Waals surface area contributed by atoms with Crippen LogP contribution in [0.4, 0.5) is 17.2 Å². The zero-order valence-electron chi connectivity index (χ0n) is 17.7. The van der Waals surface area contributed by atoms with E-state index in [1.165, 1.54) is 60.1 Å². The zero-order chi connectivity index (χ0) is 21.5. The first-order valence-corrected chi connectivity index (χ1v) is 10.2. The summed E-state index contributed by atoms with van der Waals surface area (Å²) < 4.78 is 0. The Balaban J connectivity index is 0.000000199. The molecule has 4 rings (SSSR count). The molecule has 0 spiro atoms. The quantitative estimate of drug-likeness (QED) is 0.640. The molecule has 2 N–H and O–H groups in total. The van der Waals surface area contributed by atoms with E-state index in [-0.39, 0.29) is 5.56 Å². The Labute approximate surface area is 177 Å². The van der Waals surface area contributed by atoms with Crippen LogP contribution in [0, 0.1) is 0 Å². The Morgan fingerprint density at radius 1 is 1.13 bits per heavy atom. The van der Waals surface area contributed by atoms with Crippen LogP contribution in [-0.4, -0.2) is 35.1 Å². The summed E-state index contributed by atoms with van der Waals surface area (Å²) in [5.41, 5.74) is 6.31. The summed E-state index contributed by atoms with van der Waals surface area (Å²) in [6.45, 7) is 2.15. The maximum absolute atomic E-state index is 10.5. The highest BCUT2D eigenvalue weighted by molar-refractivity contribution is 5.93. The molecule has 156 valence electrons. The number of anilines is 3. The van der Waals surface area contributed by atoms with Crippen LogP contribution in [-0.2, 0) is 19.3 Å². The second kappa shape index (κ2) is 9.87. The lowest BCUT2D eigenvalue weighted by atomic mass is 10.1. The molecule has 30 heavy (non-hydrogen) atoms. The van der Waals surface area contributed by atoms with Crippen LogP contribution in [0.3, 0.4) is 0 Å². The van der Waals surface area contributed by atoms with Crippen LogP contribution >= 0.6 is 0 Å². The normalized spacial score (nSPS) is 11.8. The third kappa shape index (κ3) is 4.95.